The molecule has 2 aliphatic heterocycles. The number of fused-ring (bicyclic) bond motifs is 1. The molecule has 21 heavy (non-hydrogen) atoms. The van der Waals surface area contributed by atoms with E-state index >= 15 is 0 Å². The topological polar surface area (TPSA) is 35.6 Å². The van der Waals surface area contributed by atoms with Crippen molar-refractivity contribution >= 4 is 17.2 Å². The molecule has 116 valence electrons. The molecule has 5 heteroatoms. The van der Waals surface area contributed by atoms with Gasteiger partial charge in [0.1, 0.15) is 0 Å². The lowest BCUT2D eigenvalue weighted by atomic mass is 9.97. The van der Waals surface area contributed by atoms with E-state index in [1.165, 1.54) is 10.4 Å². The number of piperazine rings is 1. The standard InChI is InChI=1S/C16H25N3OS/c1-3-14-13-5-9-21-15(13)4-7-19(14)16(20)11-18-8-6-17-10-12(18)2/h5,9,12,14,17H,3-4,6-8,10-11H2,1-2H3/t12-,14?/m1/s1. The minimum absolute atomic E-state index is 0.283. The van der Waals surface area contributed by atoms with Crippen LogP contribution in [0.2, 0.25) is 0 Å². The lowest BCUT2D eigenvalue weighted by molar-refractivity contribution is -0.136. The number of thiophene rings is 1. The normalized spacial score (nSPS) is 26.7. The average Bonchev–Trinajstić information content (AvgIpc) is 2.97. The van der Waals surface area contributed by atoms with Crippen LogP contribution in [0.5, 0.6) is 0 Å². The lowest BCUT2D eigenvalue weighted by Crippen LogP contribution is -2.54. The maximum absolute atomic E-state index is 12.8. The first-order valence-corrected chi connectivity index (χ1v) is 8.89. The van der Waals surface area contributed by atoms with E-state index in [4.69, 9.17) is 0 Å². The second-order valence-corrected chi connectivity index (χ2v) is 7.08. The number of carbonyl (C=O) groups excluding carboxylic acids is 1. The van der Waals surface area contributed by atoms with Crippen molar-refractivity contribution in [2.24, 2.45) is 0 Å². The highest BCUT2D eigenvalue weighted by atomic mass is 32.1. The van der Waals surface area contributed by atoms with Gasteiger partial charge in [-0.25, -0.2) is 0 Å². The van der Waals surface area contributed by atoms with E-state index < -0.39 is 0 Å². The summed E-state index contributed by atoms with van der Waals surface area (Å²) < 4.78 is 0. The van der Waals surface area contributed by atoms with Crippen LogP contribution in [0.15, 0.2) is 11.4 Å². The van der Waals surface area contributed by atoms with Crippen LogP contribution in [0.25, 0.3) is 0 Å². The Balaban J connectivity index is 1.69. The first-order valence-electron chi connectivity index (χ1n) is 8.01. The molecule has 1 aromatic heterocycles. The highest BCUT2D eigenvalue weighted by molar-refractivity contribution is 7.10. The quantitative estimate of drug-likeness (QED) is 0.926. The Morgan fingerprint density at radius 2 is 2.33 bits per heavy atom. The molecule has 4 nitrogen and oxygen atoms in total. The van der Waals surface area contributed by atoms with E-state index in [1.54, 1.807) is 0 Å². The summed E-state index contributed by atoms with van der Waals surface area (Å²) in [4.78, 5) is 18.7. The Hall–Kier alpha value is -0.910. The van der Waals surface area contributed by atoms with Gasteiger partial charge in [-0.15, -0.1) is 11.3 Å². The molecule has 0 bridgehead atoms. The zero-order valence-electron chi connectivity index (χ0n) is 13.0. The smallest absolute Gasteiger partial charge is 0.237 e. The van der Waals surface area contributed by atoms with Gasteiger partial charge in [0.05, 0.1) is 12.6 Å². The van der Waals surface area contributed by atoms with Gasteiger partial charge >= 0.3 is 0 Å². The van der Waals surface area contributed by atoms with Crippen LogP contribution in [-0.4, -0.2) is 54.5 Å². The van der Waals surface area contributed by atoms with Crippen LogP contribution >= 0.6 is 11.3 Å². The molecule has 1 aromatic rings. The summed E-state index contributed by atoms with van der Waals surface area (Å²) in [5, 5.41) is 5.55. The van der Waals surface area contributed by atoms with Crippen molar-refractivity contribution in [3.05, 3.63) is 21.9 Å². The second-order valence-electron chi connectivity index (χ2n) is 6.08. The van der Waals surface area contributed by atoms with E-state index in [-0.39, 0.29) is 6.04 Å². The zero-order chi connectivity index (χ0) is 14.8. The predicted molar refractivity (Wildman–Crippen MR) is 86.7 cm³/mol. The van der Waals surface area contributed by atoms with Crippen LogP contribution in [0, 0.1) is 0 Å². The average molecular weight is 307 g/mol. The Kier molecular flexibility index (Phi) is 4.62. The first-order chi connectivity index (χ1) is 10.2. The summed E-state index contributed by atoms with van der Waals surface area (Å²) in [5.74, 6) is 0.299. The van der Waals surface area contributed by atoms with Crippen LogP contribution < -0.4 is 5.32 Å². The van der Waals surface area contributed by atoms with Gasteiger partial charge in [0, 0.05) is 37.1 Å². The third-order valence-corrected chi connectivity index (χ3v) is 5.78. The Morgan fingerprint density at radius 3 is 3.10 bits per heavy atom. The van der Waals surface area contributed by atoms with Crippen LogP contribution in [0.1, 0.15) is 36.8 Å². The van der Waals surface area contributed by atoms with Gasteiger partial charge < -0.3 is 10.2 Å². The molecule has 1 saturated heterocycles. The Bertz CT molecular complexity index is 501. The van der Waals surface area contributed by atoms with Crippen molar-refractivity contribution in [3.8, 4) is 0 Å². The molecule has 3 rings (SSSR count). The summed E-state index contributed by atoms with van der Waals surface area (Å²) in [6.07, 6.45) is 2.03. The van der Waals surface area contributed by atoms with Gasteiger partial charge in [0.15, 0.2) is 0 Å². The number of amides is 1. The van der Waals surface area contributed by atoms with E-state index in [2.05, 4.69) is 40.4 Å². The van der Waals surface area contributed by atoms with E-state index in [0.29, 0.717) is 18.5 Å². The van der Waals surface area contributed by atoms with Crippen LogP contribution in [0.3, 0.4) is 0 Å². The summed E-state index contributed by atoms with van der Waals surface area (Å²) in [5.41, 5.74) is 1.38. The molecule has 0 radical (unpaired) electrons. The fraction of sp³-hybridized carbons (Fsp3) is 0.688. The summed E-state index contributed by atoms with van der Waals surface area (Å²) >= 11 is 1.84. The molecule has 1 N–H and O–H groups in total. The minimum atomic E-state index is 0.283. The molecule has 2 atom stereocenters. The van der Waals surface area contributed by atoms with Crippen molar-refractivity contribution in [1.82, 2.24) is 15.1 Å². The SMILES string of the molecule is CCC1c2ccsc2CCN1C(=O)CN1CCNC[C@H]1C. The molecular weight excluding hydrogens is 282 g/mol. The van der Waals surface area contributed by atoms with Gasteiger partial charge in [0.25, 0.3) is 0 Å². The maximum atomic E-state index is 12.8. The molecule has 0 aliphatic carbocycles. The summed E-state index contributed by atoms with van der Waals surface area (Å²) in [7, 11) is 0. The second kappa shape index (κ2) is 6.46. The van der Waals surface area contributed by atoms with Crippen molar-refractivity contribution in [3.63, 3.8) is 0 Å². The summed E-state index contributed by atoms with van der Waals surface area (Å²) in [6.45, 7) is 8.78. The van der Waals surface area contributed by atoms with Gasteiger partial charge in [-0.1, -0.05) is 6.92 Å². The van der Waals surface area contributed by atoms with Gasteiger partial charge in [0.2, 0.25) is 5.91 Å². The molecule has 1 fully saturated rings. The number of nitrogens with one attached hydrogen (secondary N) is 1. The van der Waals surface area contributed by atoms with Crippen molar-refractivity contribution in [2.75, 3.05) is 32.7 Å². The predicted octanol–water partition coefficient (Wildman–Crippen LogP) is 1.88. The van der Waals surface area contributed by atoms with E-state index in [9.17, 15) is 4.79 Å². The minimum Gasteiger partial charge on any atom is -0.334 e. The van der Waals surface area contributed by atoms with Gasteiger partial charge in [-0.3, -0.25) is 9.69 Å². The molecule has 0 spiro atoms. The van der Waals surface area contributed by atoms with Crippen LogP contribution in [-0.2, 0) is 11.2 Å². The first kappa shape index (κ1) is 15.0. The van der Waals surface area contributed by atoms with Crippen molar-refractivity contribution in [1.29, 1.82) is 0 Å². The largest absolute Gasteiger partial charge is 0.334 e. The molecule has 3 heterocycles. The number of carbonyl (C=O) groups is 1. The number of rotatable bonds is 3. The highest BCUT2D eigenvalue weighted by Crippen LogP contribution is 2.35. The van der Waals surface area contributed by atoms with Crippen molar-refractivity contribution < 1.29 is 4.79 Å². The third-order valence-electron chi connectivity index (χ3n) is 4.78. The molecule has 2 aliphatic rings. The lowest BCUT2D eigenvalue weighted by Gasteiger charge is -2.39. The van der Waals surface area contributed by atoms with E-state index in [1.807, 2.05) is 11.3 Å². The molecular formula is C16H25N3OS. The molecule has 0 saturated carbocycles. The highest BCUT2D eigenvalue weighted by Gasteiger charge is 2.31. The third kappa shape index (κ3) is 3.00. The zero-order valence-corrected chi connectivity index (χ0v) is 13.8. The monoisotopic (exact) mass is 307 g/mol. The number of hydrogen-bond donors (Lipinski definition) is 1. The Morgan fingerprint density at radius 1 is 1.48 bits per heavy atom. The fourth-order valence-electron chi connectivity index (χ4n) is 3.52. The molecule has 1 unspecified atom stereocenters. The number of nitrogens with zero attached hydrogens (tertiary/aromatic N) is 2. The fourth-order valence-corrected chi connectivity index (χ4v) is 4.45. The van der Waals surface area contributed by atoms with Gasteiger partial charge in [-0.2, -0.15) is 0 Å². The van der Waals surface area contributed by atoms with Gasteiger partial charge in [-0.05, 0) is 36.8 Å². The van der Waals surface area contributed by atoms with E-state index in [0.717, 1.165) is 39.0 Å². The Labute approximate surface area is 131 Å². The molecule has 1 amide bonds. The maximum Gasteiger partial charge on any atom is 0.237 e. The van der Waals surface area contributed by atoms with Crippen molar-refractivity contribution in [2.45, 2.75) is 38.8 Å². The summed E-state index contributed by atoms with van der Waals surface area (Å²) in [6, 6.07) is 2.94. The van der Waals surface area contributed by atoms with Crippen LogP contribution in [0.4, 0.5) is 0 Å². The number of hydrogen-bond acceptors (Lipinski definition) is 4. The molecule has 0 aromatic carbocycles.